The third-order valence-corrected chi connectivity index (χ3v) is 6.36. The van der Waals surface area contributed by atoms with Crippen molar-refractivity contribution in [2.24, 2.45) is 0 Å². The summed E-state index contributed by atoms with van der Waals surface area (Å²) in [5.41, 5.74) is 0. The Kier molecular flexibility index (Phi) is 3.01. The van der Waals surface area contributed by atoms with Gasteiger partial charge in [-0.05, 0) is 0 Å². The molecular formula is C7H16O2Sn. The van der Waals surface area contributed by atoms with Crippen LogP contribution in [0.2, 0.25) is 19.3 Å². The van der Waals surface area contributed by atoms with Crippen molar-refractivity contribution in [2.45, 2.75) is 31.8 Å². The standard InChI is InChI=1S/C4H7O2.3CH3.Sn/c1-4-2-3-5-6-4;;;;/h4H,1-3H2;3*1H3;. The van der Waals surface area contributed by atoms with Gasteiger partial charge in [-0.3, -0.25) is 0 Å². The van der Waals surface area contributed by atoms with Gasteiger partial charge in [0.05, 0.1) is 0 Å². The van der Waals surface area contributed by atoms with Crippen LogP contribution < -0.4 is 0 Å². The Labute approximate surface area is 66.7 Å². The summed E-state index contributed by atoms with van der Waals surface area (Å²) in [6, 6.07) is 0. The van der Waals surface area contributed by atoms with Crippen LogP contribution in [0.15, 0.2) is 0 Å². The molecule has 10 heavy (non-hydrogen) atoms. The van der Waals surface area contributed by atoms with Gasteiger partial charge in [0.1, 0.15) is 0 Å². The van der Waals surface area contributed by atoms with Gasteiger partial charge in [0.2, 0.25) is 0 Å². The molecule has 1 unspecified atom stereocenters. The molecule has 0 spiro atoms. The first-order chi connectivity index (χ1) is 4.58. The molecule has 0 aromatic heterocycles. The second kappa shape index (κ2) is 3.41. The Balaban J connectivity index is 2.24. The molecule has 3 heteroatoms. The monoisotopic (exact) mass is 252 g/mol. The molecular weight excluding hydrogens is 235 g/mol. The fourth-order valence-electron chi connectivity index (χ4n) is 1.19. The molecule has 1 aliphatic rings. The van der Waals surface area contributed by atoms with E-state index < -0.39 is 18.4 Å². The summed E-state index contributed by atoms with van der Waals surface area (Å²) >= 11 is -1.59. The fourth-order valence-corrected chi connectivity index (χ4v) is 5.87. The summed E-state index contributed by atoms with van der Waals surface area (Å²) in [5.74, 6) is 0. The second-order valence-electron chi connectivity index (χ2n) is 4.09. The Hall–Kier alpha value is 0.719. The van der Waals surface area contributed by atoms with Gasteiger partial charge in [-0.25, -0.2) is 0 Å². The van der Waals surface area contributed by atoms with E-state index in [0.717, 1.165) is 13.0 Å². The zero-order valence-corrected chi connectivity index (χ0v) is 9.87. The number of hydrogen-bond acceptors (Lipinski definition) is 2. The molecule has 60 valence electrons. The van der Waals surface area contributed by atoms with Crippen LogP contribution in [-0.4, -0.2) is 31.1 Å². The van der Waals surface area contributed by atoms with Gasteiger partial charge in [0.15, 0.2) is 0 Å². The minimum absolute atomic E-state index is 0.427. The predicted octanol–water partition coefficient (Wildman–Crippen LogP) is 2.05. The molecule has 0 N–H and O–H groups in total. The zero-order valence-electron chi connectivity index (χ0n) is 7.02. The molecule has 0 radical (unpaired) electrons. The van der Waals surface area contributed by atoms with Crippen molar-refractivity contribution >= 4 is 18.4 Å². The molecule has 1 aliphatic heterocycles. The van der Waals surface area contributed by atoms with Crippen LogP contribution in [0.25, 0.3) is 0 Å². The van der Waals surface area contributed by atoms with Crippen LogP contribution in [0, 0.1) is 0 Å². The summed E-state index contributed by atoms with van der Waals surface area (Å²) in [4.78, 5) is 17.2. The fraction of sp³-hybridized carbons (Fsp3) is 1.00. The zero-order chi connectivity index (χ0) is 7.61. The number of rotatable bonds is 2. The SMILES string of the molecule is [CH3][Sn]([CH3])([CH3])[CH2]C1CCOO1. The molecule has 0 saturated carbocycles. The molecule has 1 rings (SSSR count). The van der Waals surface area contributed by atoms with Gasteiger partial charge in [0.25, 0.3) is 0 Å². The molecule has 0 bridgehead atoms. The van der Waals surface area contributed by atoms with Crippen molar-refractivity contribution < 1.29 is 9.78 Å². The Bertz CT molecular complexity index is 103. The van der Waals surface area contributed by atoms with Crippen LogP contribution in [0.4, 0.5) is 0 Å². The first kappa shape index (κ1) is 8.81. The number of hydrogen-bond donors (Lipinski definition) is 0. The first-order valence-electron chi connectivity index (χ1n) is 3.86. The van der Waals surface area contributed by atoms with E-state index in [-0.39, 0.29) is 0 Å². The predicted molar refractivity (Wildman–Crippen MR) is 43.6 cm³/mol. The molecule has 1 saturated heterocycles. The van der Waals surface area contributed by atoms with Gasteiger partial charge in [-0.2, -0.15) is 0 Å². The Morgan fingerprint density at radius 2 is 2.10 bits per heavy atom. The van der Waals surface area contributed by atoms with Crippen LogP contribution >= 0.6 is 0 Å². The first-order valence-corrected chi connectivity index (χ1v) is 14.4. The van der Waals surface area contributed by atoms with Crippen LogP contribution in [0.3, 0.4) is 0 Å². The topological polar surface area (TPSA) is 18.5 Å². The second-order valence-corrected chi connectivity index (χ2v) is 19.9. The summed E-state index contributed by atoms with van der Waals surface area (Å²) in [5, 5.41) is 0. The van der Waals surface area contributed by atoms with E-state index in [1.54, 1.807) is 0 Å². The average Bonchev–Trinajstić information content (AvgIpc) is 2.12. The maximum absolute atomic E-state index is 5.08. The Morgan fingerprint density at radius 1 is 1.40 bits per heavy atom. The van der Waals surface area contributed by atoms with E-state index in [9.17, 15) is 0 Å². The molecule has 0 aliphatic carbocycles. The van der Waals surface area contributed by atoms with E-state index in [1.165, 1.54) is 4.44 Å². The molecule has 0 aromatic rings. The quantitative estimate of drug-likeness (QED) is 0.552. The molecule has 1 fully saturated rings. The third kappa shape index (κ3) is 3.21. The normalized spacial score (nSPS) is 27.3. The molecule has 0 aromatic carbocycles. The van der Waals surface area contributed by atoms with Gasteiger partial charge in [0, 0.05) is 0 Å². The van der Waals surface area contributed by atoms with Crippen molar-refractivity contribution in [2.75, 3.05) is 6.61 Å². The van der Waals surface area contributed by atoms with Crippen LogP contribution in [-0.2, 0) is 9.78 Å². The summed E-state index contributed by atoms with van der Waals surface area (Å²) in [7, 11) is 0. The van der Waals surface area contributed by atoms with Crippen LogP contribution in [0.1, 0.15) is 6.42 Å². The molecule has 0 amide bonds. The van der Waals surface area contributed by atoms with Gasteiger partial charge < -0.3 is 0 Å². The van der Waals surface area contributed by atoms with Crippen molar-refractivity contribution in [1.29, 1.82) is 0 Å². The van der Waals surface area contributed by atoms with E-state index in [2.05, 4.69) is 14.8 Å². The van der Waals surface area contributed by atoms with E-state index in [4.69, 9.17) is 9.78 Å². The van der Waals surface area contributed by atoms with E-state index in [1.807, 2.05) is 0 Å². The molecule has 1 heterocycles. The summed E-state index contributed by atoms with van der Waals surface area (Å²) in [6.07, 6.45) is 1.53. The average molecular weight is 251 g/mol. The van der Waals surface area contributed by atoms with E-state index >= 15 is 0 Å². The van der Waals surface area contributed by atoms with Crippen LogP contribution in [0.5, 0.6) is 0 Å². The summed E-state index contributed by atoms with van der Waals surface area (Å²) in [6.45, 7) is 0.798. The van der Waals surface area contributed by atoms with Crippen molar-refractivity contribution in [3.8, 4) is 0 Å². The maximum atomic E-state index is 5.08. The minimum atomic E-state index is -1.59. The molecule has 2 nitrogen and oxygen atoms in total. The van der Waals surface area contributed by atoms with E-state index in [0.29, 0.717) is 6.10 Å². The van der Waals surface area contributed by atoms with Gasteiger partial charge in [-0.15, -0.1) is 0 Å². The van der Waals surface area contributed by atoms with Crippen molar-refractivity contribution in [1.82, 2.24) is 0 Å². The molecule has 1 atom stereocenters. The third-order valence-electron chi connectivity index (χ3n) is 1.57. The van der Waals surface area contributed by atoms with Crippen molar-refractivity contribution in [3.05, 3.63) is 0 Å². The van der Waals surface area contributed by atoms with Gasteiger partial charge >= 0.3 is 66.5 Å². The summed E-state index contributed by atoms with van der Waals surface area (Å²) < 4.78 is 1.30. The Morgan fingerprint density at radius 3 is 2.50 bits per heavy atom. The van der Waals surface area contributed by atoms with Gasteiger partial charge in [-0.1, -0.05) is 0 Å². The van der Waals surface area contributed by atoms with Crippen molar-refractivity contribution in [3.63, 3.8) is 0 Å².